The Bertz CT molecular complexity index is 445. The Hall–Kier alpha value is -0.870. The zero-order valence-electron chi connectivity index (χ0n) is 11.1. The number of sulfone groups is 1. The van der Waals surface area contributed by atoms with Crippen molar-refractivity contribution in [3.8, 4) is 0 Å². The van der Waals surface area contributed by atoms with Crippen LogP contribution in [0.2, 0.25) is 0 Å². The van der Waals surface area contributed by atoms with E-state index in [1.807, 2.05) is 13.8 Å². The molecule has 0 aliphatic heterocycles. The Morgan fingerprint density at radius 2 is 1.56 bits per heavy atom. The molecule has 0 amide bonds. The molecule has 0 saturated heterocycles. The van der Waals surface area contributed by atoms with Crippen LogP contribution in [-0.4, -0.2) is 24.9 Å². The van der Waals surface area contributed by atoms with E-state index < -0.39 is 15.4 Å². The molecule has 3 nitrogen and oxygen atoms in total. The number of aliphatic hydroxyl groups is 1. The number of benzene rings is 1. The monoisotopic (exact) mass is 270 g/mol. The molecular formula is C14H22O3S. The van der Waals surface area contributed by atoms with Crippen molar-refractivity contribution in [2.45, 2.75) is 50.0 Å². The summed E-state index contributed by atoms with van der Waals surface area (Å²) in [5.74, 6) is -0.189. The van der Waals surface area contributed by atoms with Gasteiger partial charge in [0.05, 0.1) is 16.2 Å². The molecule has 0 radical (unpaired) electrons. The van der Waals surface area contributed by atoms with Crippen LogP contribution in [0, 0.1) is 0 Å². The van der Waals surface area contributed by atoms with E-state index >= 15 is 0 Å². The minimum Gasteiger partial charge on any atom is -0.389 e. The van der Waals surface area contributed by atoms with Crippen LogP contribution in [0.25, 0.3) is 0 Å². The zero-order chi connectivity index (χ0) is 13.6. The Balaban J connectivity index is 2.93. The molecule has 102 valence electrons. The lowest BCUT2D eigenvalue weighted by molar-refractivity contribution is 0.0438. The van der Waals surface area contributed by atoms with Crippen molar-refractivity contribution in [2.75, 3.05) is 5.75 Å². The lowest BCUT2D eigenvalue weighted by Crippen LogP contribution is -2.37. The summed E-state index contributed by atoms with van der Waals surface area (Å²) >= 11 is 0. The maximum absolute atomic E-state index is 12.2. The molecule has 1 aromatic carbocycles. The molecule has 0 spiro atoms. The molecular weight excluding hydrogens is 248 g/mol. The van der Waals surface area contributed by atoms with Gasteiger partial charge in [0, 0.05) is 0 Å². The maximum Gasteiger partial charge on any atom is 0.181 e. The predicted octanol–water partition coefficient (Wildman–Crippen LogP) is 2.79. The molecule has 0 bridgehead atoms. The second kappa shape index (κ2) is 6.34. The van der Waals surface area contributed by atoms with E-state index in [4.69, 9.17) is 0 Å². The summed E-state index contributed by atoms with van der Waals surface area (Å²) in [6.45, 7) is 3.91. The topological polar surface area (TPSA) is 54.4 Å². The van der Waals surface area contributed by atoms with E-state index in [0.29, 0.717) is 12.8 Å². The van der Waals surface area contributed by atoms with E-state index in [9.17, 15) is 13.5 Å². The summed E-state index contributed by atoms with van der Waals surface area (Å²) in [4.78, 5) is 0.288. The van der Waals surface area contributed by atoms with Gasteiger partial charge in [0.2, 0.25) is 0 Å². The zero-order valence-corrected chi connectivity index (χ0v) is 11.9. The molecule has 1 aromatic rings. The molecule has 0 aliphatic carbocycles. The number of hydrogen-bond donors (Lipinski definition) is 1. The van der Waals surface area contributed by atoms with Crippen molar-refractivity contribution in [3.05, 3.63) is 30.3 Å². The molecule has 0 saturated carbocycles. The SMILES string of the molecule is CCCC(O)(CCC)CS(=O)(=O)c1ccccc1. The highest BCUT2D eigenvalue weighted by Crippen LogP contribution is 2.24. The Morgan fingerprint density at radius 1 is 1.06 bits per heavy atom. The molecule has 0 fully saturated rings. The van der Waals surface area contributed by atoms with Gasteiger partial charge in [0.15, 0.2) is 9.84 Å². The molecule has 4 heteroatoms. The van der Waals surface area contributed by atoms with Gasteiger partial charge in [-0.3, -0.25) is 0 Å². The van der Waals surface area contributed by atoms with E-state index in [1.54, 1.807) is 30.3 Å². The molecule has 1 N–H and O–H groups in total. The lowest BCUT2D eigenvalue weighted by Gasteiger charge is -2.27. The summed E-state index contributed by atoms with van der Waals surface area (Å²) < 4.78 is 24.5. The van der Waals surface area contributed by atoms with E-state index in [0.717, 1.165) is 12.8 Å². The van der Waals surface area contributed by atoms with Gasteiger partial charge < -0.3 is 5.11 Å². The largest absolute Gasteiger partial charge is 0.389 e. The first kappa shape index (κ1) is 15.2. The summed E-state index contributed by atoms with van der Waals surface area (Å²) in [5.41, 5.74) is -1.10. The maximum atomic E-state index is 12.2. The highest BCUT2D eigenvalue weighted by molar-refractivity contribution is 7.91. The minimum absolute atomic E-state index is 0.189. The molecule has 0 heterocycles. The van der Waals surface area contributed by atoms with Crippen molar-refractivity contribution in [1.82, 2.24) is 0 Å². The van der Waals surface area contributed by atoms with Crippen molar-refractivity contribution in [1.29, 1.82) is 0 Å². The Kier molecular flexibility index (Phi) is 5.35. The average molecular weight is 270 g/mol. The first-order chi connectivity index (χ1) is 8.43. The van der Waals surface area contributed by atoms with Crippen LogP contribution in [-0.2, 0) is 9.84 Å². The van der Waals surface area contributed by atoms with Crippen molar-refractivity contribution >= 4 is 9.84 Å². The van der Waals surface area contributed by atoms with Gasteiger partial charge in [-0.05, 0) is 25.0 Å². The van der Waals surface area contributed by atoms with Crippen LogP contribution in [0.3, 0.4) is 0 Å². The van der Waals surface area contributed by atoms with Crippen molar-refractivity contribution < 1.29 is 13.5 Å². The van der Waals surface area contributed by atoms with Gasteiger partial charge in [-0.15, -0.1) is 0 Å². The summed E-state index contributed by atoms with van der Waals surface area (Å²) in [7, 11) is -3.41. The third-order valence-electron chi connectivity index (χ3n) is 2.99. The van der Waals surface area contributed by atoms with Gasteiger partial charge in [0.1, 0.15) is 0 Å². The highest BCUT2D eigenvalue weighted by atomic mass is 32.2. The fourth-order valence-corrected chi connectivity index (χ4v) is 4.00. The van der Waals surface area contributed by atoms with Crippen LogP contribution in [0.1, 0.15) is 39.5 Å². The fraction of sp³-hybridized carbons (Fsp3) is 0.571. The molecule has 0 aromatic heterocycles. The van der Waals surface area contributed by atoms with Crippen LogP contribution in [0.15, 0.2) is 35.2 Å². The fourth-order valence-electron chi connectivity index (χ4n) is 2.26. The first-order valence-corrected chi connectivity index (χ1v) is 8.09. The normalized spacial score (nSPS) is 12.6. The van der Waals surface area contributed by atoms with Crippen molar-refractivity contribution in [3.63, 3.8) is 0 Å². The van der Waals surface area contributed by atoms with Crippen LogP contribution in [0.5, 0.6) is 0 Å². The Morgan fingerprint density at radius 3 is 2.00 bits per heavy atom. The standard InChI is InChI=1S/C14H22O3S/c1-3-10-14(15,11-4-2)12-18(16,17)13-8-6-5-7-9-13/h5-9,15H,3-4,10-12H2,1-2H3. The third kappa shape index (κ3) is 4.10. The van der Waals surface area contributed by atoms with Crippen LogP contribution < -0.4 is 0 Å². The molecule has 18 heavy (non-hydrogen) atoms. The average Bonchev–Trinajstić information content (AvgIpc) is 2.29. The van der Waals surface area contributed by atoms with Crippen LogP contribution in [0.4, 0.5) is 0 Å². The smallest absolute Gasteiger partial charge is 0.181 e. The molecule has 0 atom stereocenters. The minimum atomic E-state index is -3.41. The van der Waals surface area contributed by atoms with E-state index in [2.05, 4.69) is 0 Å². The van der Waals surface area contributed by atoms with Crippen LogP contribution >= 0.6 is 0 Å². The van der Waals surface area contributed by atoms with E-state index in [1.165, 1.54) is 0 Å². The lowest BCUT2D eigenvalue weighted by atomic mass is 9.95. The number of rotatable bonds is 7. The van der Waals surface area contributed by atoms with Gasteiger partial charge in [-0.2, -0.15) is 0 Å². The second-order valence-corrected chi connectivity index (χ2v) is 6.79. The van der Waals surface area contributed by atoms with Gasteiger partial charge in [-0.1, -0.05) is 44.9 Å². The molecule has 0 aliphatic rings. The number of hydrogen-bond acceptors (Lipinski definition) is 3. The summed E-state index contributed by atoms with van der Waals surface area (Å²) in [6.07, 6.45) is 2.60. The Labute approximate surface area is 110 Å². The quantitative estimate of drug-likeness (QED) is 0.829. The van der Waals surface area contributed by atoms with Gasteiger partial charge >= 0.3 is 0 Å². The first-order valence-electron chi connectivity index (χ1n) is 6.44. The molecule has 1 rings (SSSR count). The third-order valence-corrected chi connectivity index (χ3v) is 4.90. The van der Waals surface area contributed by atoms with Crippen molar-refractivity contribution in [2.24, 2.45) is 0 Å². The molecule has 0 unspecified atom stereocenters. The van der Waals surface area contributed by atoms with E-state index in [-0.39, 0.29) is 10.6 Å². The predicted molar refractivity (Wildman–Crippen MR) is 73.3 cm³/mol. The summed E-state index contributed by atoms with van der Waals surface area (Å²) in [5, 5.41) is 10.4. The second-order valence-electron chi connectivity index (χ2n) is 4.80. The van der Waals surface area contributed by atoms with Gasteiger partial charge in [-0.25, -0.2) is 8.42 Å². The summed E-state index contributed by atoms with van der Waals surface area (Å²) in [6, 6.07) is 8.34. The highest BCUT2D eigenvalue weighted by Gasteiger charge is 2.32. The van der Waals surface area contributed by atoms with Gasteiger partial charge in [0.25, 0.3) is 0 Å².